The van der Waals surface area contributed by atoms with Crippen LogP contribution in [0, 0.1) is 13.8 Å². The molecule has 0 aliphatic rings. The summed E-state index contributed by atoms with van der Waals surface area (Å²) in [5.74, 6) is -0.996. The molecule has 0 spiro atoms. The summed E-state index contributed by atoms with van der Waals surface area (Å²) < 4.78 is 10.7. The second-order valence-electron chi connectivity index (χ2n) is 7.26. The van der Waals surface area contributed by atoms with Gasteiger partial charge >= 0.3 is 11.9 Å². The monoisotopic (exact) mass is 307 g/mol. The number of esters is 2. The first-order chi connectivity index (χ1) is 9.80. The third-order valence-electron chi connectivity index (χ3n) is 2.64. The summed E-state index contributed by atoms with van der Waals surface area (Å²) in [6.07, 6.45) is 0. The quantitative estimate of drug-likeness (QED) is 0.781. The Hall–Kier alpha value is -1.91. The number of rotatable bonds is 2. The molecule has 0 bridgehead atoms. The highest BCUT2D eigenvalue weighted by atomic mass is 16.6. The average Bonchev–Trinajstić information content (AvgIpc) is 2.23. The van der Waals surface area contributed by atoms with Gasteiger partial charge in [0, 0.05) is 0 Å². The van der Waals surface area contributed by atoms with Crippen LogP contribution < -0.4 is 0 Å². The molecule has 5 heteroatoms. The molecule has 1 heterocycles. The van der Waals surface area contributed by atoms with Crippen molar-refractivity contribution in [2.24, 2.45) is 0 Å². The van der Waals surface area contributed by atoms with E-state index in [1.54, 1.807) is 55.4 Å². The number of pyridine rings is 1. The van der Waals surface area contributed by atoms with Gasteiger partial charge in [0.25, 0.3) is 0 Å². The predicted molar refractivity (Wildman–Crippen MR) is 84.0 cm³/mol. The highest BCUT2D eigenvalue weighted by Crippen LogP contribution is 2.20. The zero-order valence-electron chi connectivity index (χ0n) is 14.7. The molecule has 0 aliphatic heterocycles. The van der Waals surface area contributed by atoms with Crippen molar-refractivity contribution in [2.75, 3.05) is 0 Å². The number of carbonyl (C=O) groups excluding carboxylic acids is 2. The molecule has 5 nitrogen and oxygen atoms in total. The Morgan fingerprint density at radius 1 is 0.818 bits per heavy atom. The van der Waals surface area contributed by atoms with Gasteiger partial charge in [-0.15, -0.1) is 0 Å². The molecule has 0 amide bonds. The van der Waals surface area contributed by atoms with Crippen LogP contribution in [-0.4, -0.2) is 28.1 Å². The lowest BCUT2D eigenvalue weighted by Crippen LogP contribution is -2.26. The van der Waals surface area contributed by atoms with Gasteiger partial charge in [-0.05, 0) is 61.5 Å². The van der Waals surface area contributed by atoms with Crippen LogP contribution in [-0.2, 0) is 9.47 Å². The molecule has 0 radical (unpaired) electrons. The summed E-state index contributed by atoms with van der Waals surface area (Å²) >= 11 is 0. The first-order valence-electron chi connectivity index (χ1n) is 7.25. The number of hydrogen-bond donors (Lipinski definition) is 0. The summed E-state index contributed by atoms with van der Waals surface area (Å²) in [5.41, 5.74) is 0.391. The van der Waals surface area contributed by atoms with E-state index in [4.69, 9.17) is 9.47 Å². The van der Waals surface area contributed by atoms with E-state index in [1.165, 1.54) is 6.07 Å². The summed E-state index contributed by atoms with van der Waals surface area (Å²) in [4.78, 5) is 28.8. The summed E-state index contributed by atoms with van der Waals surface area (Å²) in [6, 6.07) is 1.50. The Morgan fingerprint density at radius 3 is 1.41 bits per heavy atom. The molecule has 22 heavy (non-hydrogen) atoms. The smallest absolute Gasteiger partial charge is 0.340 e. The third-order valence-corrected chi connectivity index (χ3v) is 2.64. The summed E-state index contributed by atoms with van der Waals surface area (Å²) in [5, 5.41) is 0. The molecule has 1 rings (SSSR count). The molecule has 0 fully saturated rings. The van der Waals surface area contributed by atoms with Crippen molar-refractivity contribution in [2.45, 2.75) is 66.6 Å². The lowest BCUT2D eigenvalue weighted by atomic mass is 10.1. The lowest BCUT2D eigenvalue weighted by molar-refractivity contribution is 0.00669. The van der Waals surface area contributed by atoms with E-state index >= 15 is 0 Å². The number of ether oxygens (including phenoxy) is 2. The highest BCUT2D eigenvalue weighted by molar-refractivity contribution is 5.96. The normalized spacial score (nSPS) is 12.0. The number of carbonyl (C=O) groups is 2. The van der Waals surface area contributed by atoms with Crippen molar-refractivity contribution < 1.29 is 19.1 Å². The van der Waals surface area contributed by atoms with E-state index in [0.29, 0.717) is 11.4 Å². The van der Waals surface area contributed by atoms with Gasteiger partial charge in [-0.25, -0.2) is 9.59 Å². The second-order valence-corrected chi connectivity index (χ2v) is 7.26. The lowest BCUT2D eigenvalue weighted by Gasteiger charge is -2.22. The van der Waals surface area contributed by atoms with E-state index in [9.17, 15) is 9.59 Å². The highest BCUT2D eigenvalue weighted by Gasteiger charge is 2.25. The molecular formula is C17H25NO4. The number of aromatic nitrogens is 1. The Balaban J connectivity index is 3.20. The standard InChI is InChI=1S/C17H25NO4/c1-10-12(14(19)21-16(3,4)5)9-13(11(2)18-10)15(20)22-17(6,7)8/h9H,1-8H3. The van der Waals surface area contributed by atoms with Crippen LogP contribution in [0.25, 0.3) is 0 Å². The first-order valence-corrected chi connectivity index (χ1v) is 7.25. The zero-order chi connectivity index (χ0) is 17.3. The fourth-order valence-corrected chi connectivity index (χ4v) is 1.80. The van der Waals surface area contributed by atoms with Gasteiger partial charge in [-0.1, -0.05) is 0 Å². The molecule has 0 N–H and O–H groups in total. The zero-order valence-corrected chi connectivity index (χ0v) is 14.7. The van der Waals surface area contributed by atoms with Crippen LogP contribution in [0.1, 0.15) is 73.6 Å². The SMILES string of the molecule is Cc1nc(C)c(C(=O)OC(C)(C)C)cc1C(=O)OC(C)(C)C. The van der Waals surface area contributed by atoms with Crippen molar-refractivity contribution in [3.05, 3.63) is 28.6 Å². The van der Waals surface area contributed by atoms with E-state index in [0.717, 1.165) is 0 Å². The number of aryl methyl sites for hydroxylation is 2. The fourth-order valence-electron chi connectivity index (χ4n) is 1.80. The molecule has 0 aromatic carbocycles. The van der Waals surface area contributed by atoms with Gasteiger partial charge in [-0.3, -0.25) is 4.98 Å². The van der Waals surface area contributed by atoms with Crippen LogP contribution in [0.5, 0.6) is 0 Å². The number of nitrogens with zero attached hydrogens (tertiary/aromatic N) is 1. The molecule has 1 aromatic rings. The Morgan fingerprint density at radius 2 is 1.14 bits per heavy atom. The first kappa shape index (κ1) is 18.1. The van der Waals surface area contributed by atoms with E-state index < -0.39 is 23.1 Å². The van der Waals surface area contributed by atoms with Gasteiger partial charge < -0.3 is 9.47 Å². The van der Waals surface area contributed by atoms with Crippen molar-refractivity contribution in [3.8, 4) is 0 Å². The van der Waals surface area contributed by atoms with Crippen LogP contribution in [0.4, 0.5) is 0 Å². The van der Waals surface area contributed by atoms with Crippen LogP contribution >= 0.6 is 0 Å². The maximum absolute atomic E-state index is 12.2. The third kappa shape index (κ3) is 5.13. The Kier molecular flexibility index (Phi) is 5.00. The van der Waals surface area contributed by atoms with Crippen LogP contribution in [0.2, 0.25) is 0 Å². The van der Waals surface area contributed by atoms with Gasteiger partial charge in [0.05, 0.1) is 22.5 Å². The predicted octanol–water partition coefficient (Wildman–Crippen LogP) is 3.61. The minimum atomic E-state index is -0.611. The van der Waals surface area contributed by atoms with Crippen molar-refractivity contribution in [3.63, 3.8) is 0 Å². The van der Waals surface area contributed by atoms with Crippen molar-refractivity contribution in [1.29, 1.82) is 0 Å². The van der Waals surface area contributed by atoms with E-state index in [-0.39, 0.29) is 11.1 Å². The maximum Gasteiger partial charge on any atom is 0.340 e. The molecule has 0 saturated heterocycles. The molecule has 0 aliphatic carbocycles. The number of hydrogen-bond acceptors (Lipinski definition) is 5. The molecule has 1 aromatic heterocycles. The average molecular weight is 307 g/mol. The summed E-state index contributed by atoms with van der Waals surface area (Å²) in [6.45, 7) is 14.2. The van der Waals surface area contributed by atoms with Crippen molar-refractivity contribution >= 4 is 11.9 Å². The Labute approximate surface area is 132 Å². The van der Waals surface area contributed by atoms with Gasteiger partial charge in [-0.2, -0.15) is 0 Å². The molecular weight excluding hydrogens is 282 g/mol. The molecule has 0 unspecified atom stereocenters. The van der Waals surface area contributed by atoms with Crippen LogP contribution in [0.3, 0.4) is 0 Å². The van der Waals surface area contributed by atoms with Gasteiger partial charge in [0.2, 0.25) is 0 Å². The second kappa shape index (κ2) is 6.07. The fraction of sp³-hybridized carbons (Fsp3) is 0.588. The molecule has 0 saturated carbocycles. The minimum absolute atomic E-state index is 0.279. The minimum Gasteiger partial charge on any atom is -0.456 e. The van der Waals surface area contributed by atoms with E-state index in [2.05, 4.69) is 4.98 Å². The van der Waals surface area contributed by atoms with Crippen LogP contribution in [0.15, 0.2) is 6.07 Å². The van der Waals surface area contributed by atoms with Crippen molar-refractivity contribution in [1.82, 2.24) is 4.98 Å². The Bertz CT molecular complexity index is 543. The molecule has 122 valence electrons. The largest absolute Gasteiger partial charge is 0.456 e. The molecule has 0 atom stereocenters. The van der Waals surface area contributed by atoms with Gasteiger partial charge in [0.1, 0.15) is 11.2 Å². The van der Waals surface area contributed by atoms with Gasteiger partial charge in [0.15, 0.2) is 0 Å². The topological polar surface area (TPSA) is 65.5 Å². The maximum atomic E-state index is 12.2. The summed E-state index contributed by atoms with van der Waals surface area (Å²) in [7, 11) is 0. The van der Waals surface area contributed by atoms with E-state index in [1.807, 2.05) is 0 Å².